The zero-order valence-corrected chi connectivity index (χ0v) is 14.7. The monoisotopic (exact) mass is 415 g/mol. The minimum atomic E-state index is -4.87. The van der Waals surface area contributed by atoms with Crippen molar-refractivity contribution in [1.29, 1.82) is 0 Å². The van der Waals surface area contributed by atoms with E-state index in [0.717, 1.165) is 23.7 Å². The van der Waals surface area contributed by atoms with Crippen LogP contribution in [0.15, 0.2) is 36.7 Å². The molecule has 2 aromatic heterocycles. The Hall–Kier alpha value is -2.92. The fourth-order valence-electron chi connectivity index (χ4n) is 2.20. The molecule has 3 rings (SSSR count). The summed E-state index contributed by atoms with van der Waals surface area (Å²) in [5.41, 5.74) is 3.14. The largest absolute Gasteiger partial charge is 0.434 e. The second-order valence-corrected chi connectivity index (χ2v) is 6.61. The quantitative estimate of drug-likeness (QED) is 0.682. The topological polar surface area (TPSA) is 103 Å². The number of nitrogens with one attached hydrogen (secondary N) is 1. The van der Waals surface area contributed by atoms with Crippen LogP contribution < -0.4 is 11.1 Å². The summed E-state index contributed by atoms with van der Waals surface area (Å²) in [6, 6.07) is 5.61. The van der Waals surface area contributed by atoms with E-state index in [4.69, 9.17) is 17.3 Å². The van der Waals surface area contributed by atoms with Gasteiger partial charge in [-0.15, -0.1) is 0 Å². The van der Waals surface area contributed by atoms with Crippen LogP contribution in [0, 0.1) is 0 Å². The molecular formula is C15H9ClF3N5O2S. The summed E-state index contributed by atoms with van der Waals surface area (Å²) in [6.07, 6.45) is -2.96. The number of hydrogen-bond acceptors (Lipinski definition) is 5. The van der Waals surface area contributed by atoms with Gasteiger partial charge in [-0.05, 0) is 18.2 Å². The van der Waals surface area contributed by atoms with Crippen molar-refractivity contribution in [3.8, 4) is 5.69 Å². The first-order valence-electron chi connectivity index (χ1n) is 7.15. The van der Waals surface area contributed by atoms with Crippen LogP contribution >= 0.6 is 22.9 Å². The highest BCUT2D eigenvalue weighted by atomic mass is 35.5. The molecule has 1 aromatic carbocycles. The maximum absolute atomic E-state index is 13.6. The lowest BCUT2D eigenvalue weighted by Crippen LogP contribution is -2.20. The highest BCUT2D eigenvalue weighted by molar-refractivity contribution is 7.17. The summed E-state index contributed by atoms with van der Waals surface area (Å²) in [7, 11) is 0. The predicted molar refractivity (Wildman–Crippen MR) is 92.2 cm³/mol. The third-order valence-corrected chi connectivity index (χ3v) is 4.47. The Balaban J connectivity index is 1.99. The van der Waals surface area contributed by atoms with E-state index in [2.05, 4.69) is 15.4 Å². The number of anilines is 1. The molecule has 0 saturated heterocycles. The Bertz CT molecular complexity index is 1030. The summed E-state index contributed by atoms with van der Waals surface area (Å²) in [4.78, 5) is 27.2. The van der Waals surface area contributed by atoms with Crippen LogP contribution in [0.5, 0.6) is 0 Å². The molecule has 7 nitrogen and oxygen atoms in total. The number of carbonyl (C=O) groups excluding carboxylic acids is 2. The molecule has 2 heterocycles. The summed E-state index contributed by atoms with van der Waals surface area (Å²) in [6.45, 7) is 0. The lowest BCUT2D eigenvalue weighted by molar-refractivity contribution is -0.143. The molecule has 0 fully saturated rings. The number of hydrogen-bond donors (Lipinski definition) is 2. The van der Waals surface area contributed by atoms with E-state index in [1.54, 1.807) is 0 Å². The van der Waals surface area contributed by atoms with Gasteiger partial charge in [0.05, 0.1) is 23.6 Å². The number of benzene rings is 1. The Morgan fingerprint density at radius 3 is 2.59 bits per heavy atom. The summed E-state index contributed by atoms with van der Waals surface area (Å²) >= 11 is 6.56. The van der Waals surface area contributed by atoms with Gasteiger partial charge in [-0.1, -0.05) is 29.0 Å². The second kappa shape index (κ2) is 7.00. The predicted octanol–water partition coefficient (Wildman–Crippen LogP) is 3.35. The molecule has 140 valence electrons. The number of amides is 2. The zero-order chi connectivity index (χ0) is 19.8. The van der Waals surface area contributed by atoms with E-state index in [1.165, 1.54) is 24.3 Å². The highest BCUT2D eigenvalue weighted by Gasteiger charge is 2.40. The molecule has 0 atom stereocenters. The maximum atomic E-state index is 13.6. The third kappa shape index (κ3) is 3.93. The molecular weight excluding hydrogens is 407 g/mol. The Kier molecular flexibility index (Phi) is 4.89. The first kappa shape index (κ1) is 18.9. The van der Waals surface area contributed by atoms with Gasteiger partial charge < -0.3 is 5.73 Å². The molecule has 12 heteroatoms. The molecule has 0 aliphatic carbocycles. The number of halogens is 4. The molecule has 0 radical (unpaired) electrons. The van der Waals surface area contributed by atoms with E-state index in [9.17, 15) is 22.8 Å². The van der Waals surface area contributed by atoms with Crippen molar-refractivity contribution in [2.45, 2.75) is 6.18 Å². The summed E-state index contributed by atoms with van der Waals surface area (Å²) in [5, 5.41) is 6.02. The number of rotatable bonds is 4. The molecule has 0 aliphatic heterocycles. The molecule has 0 saturated carbocycles. The fourth-order valence-corrected chi connectivity index (χ4v) is 3.05. The van der Waals surface area contributed by atoms with E-state index >= 15 is 0 Å². The lowest BCUT2D eigenvalue weighted by atomic mass is 10.2. The van der Waals surface area contributed by atoms with Gasteiger partial charge in [0.1, 0.15) is 4.88 Å². The highest BCUT2D eigenvalue weighted by Crippen LogP contribution is 2.34. The van der Waals surface area contributed by atoms with Crippen LogP contribution in [-0.4, -0.2) is 26.6 Å². The van der Waals surface area contributed by atoms with Gasteiger partial charge in [-0.3, -0.25) is 14.9 Å². The molecule has 3 N–H and O–H groups in total. The summed E-state index contributed by atoms with van der Waals surface area (Å²) in [5.74, 6) is -1.85. The van der Waals surface area contributed by atoms with Crippen molar-refractivity contribution in [1.82, 2.24) is 14.8 Å². The Labute approximate surface area is 158 Å². The number of aromatic nitrogens is 3. The Morgan fingerprint density at radius 2 is 2.00 bits per heavy atom. The second-order valence-electron chi connectivity index (χ2n) is 5.14. The van der Waals surface area contributed by atoms with Crippen LogP contribution in [0.4, 0.5) is 18.3 Å². The van der Waals surface area contributed by atoms with Gasteiger partial charge in [0.2, 0.25) is 0 Å². The molecule has 27 heavy (non-hydrogen) atoms. The molecule has 0 unspecified atom stereocenters. The number of alkyl halides is 3. The van der Waals surface area contributed by atoms with Crippen molar-refractivity contribution in [3.05, 3.63) is 57.8 Å². The van der Waals surface area contributed by atoms with Gasteiger partial charge in [0.25, 0.3) is 11.8 Å². The van der Waals surface area contributed by atoms with Crippen molar-refractivity contribution >= 4 is 39.9 Å². The van der Waals surface area contributed by atoms with Crippen molar-refractivity contribution < 1.29 is 22.8 Å². The van der Waals surface area contributed by atoms with Gasteiger partial charge in [-0.25, -0.2) is 9.67 Å². The summed E-state index contributed by atoms with van der Waals surface area (Å²) < 4.78 is 41.3. The number of primary amides is 1. The van der Waals surface area contributed by atoms with Crippen LogP contribution in [0.1, 0.15) is 25.7 Å². The first-order chi connectivity index (χ1) is 12.7. The number of nitrogens with zero attached hydrogens (tertiary/aromatic N) is 3. The van der Waals surface area contributed by atoms with Gasteiger partial charge in [-0.2, -0.15) is 18.3 Å². The number of nitrogens with two attached hydrogens (primary N) is 1. The molecule has 3 aromatic rings. The van der Waals surface area contributed by atoms with E-state index in [0.29, 0.717) is 4.68 Å². The van der Waals surface area contributed by atoms with E-state index < -0.39 is 29.2 Å². The van der Waals surface area contributed by atoms with Crippen molar-refractivity contribution in [3.63, 3.8) is 0 Å². The number of carbonyl (C=O) groups is 2. The molecule has 0 spiro atoms. The van der Waals surface area contributed by atoms with Gasteiger partial charge >= 0.3 is 6.18 Å². The van der Waals surface area contributed by atoms with Crippen LogP contribution in [0.2, 0.25) is 5.02 Å². The standard InChI is InChI=1S/C15H9ClF3N5O2S/c16-7-2-1-3-8(4-7)24-11(15(17,18)19)9(5-22-24)13(26)23-14-21-6-10(27-14)12(20)25/h1-6H,(H2,20,25)(H,21,23,26). The maximum Gasteiger partial charge on any atom is 0.434 e. The minimum Gasteiger partial charge on any atom is -0.365 e. The minimum absolute atomic E-state index is 0.0409. The molecule has 0 aliphatic rings. The van der Waals surface area contributed by atoms with E-state index in [-0.39, 0.29) is 20.7 Å². The van der Waals surface area contributed by atoms with Crippen molar-refractivity contribution in [2.24, 2.45) is 5.73 Å². The third-order valence-electron chi connectivity index (χ3n) is 3.30. The van der Waals surface area contributed by atoms with Crippen LogP contribution in [-0.2, 0) is 6.18 Å². The Morgan fingerprint density at radius 1 is 1.26 bits per heavy atom. The van der Waals surface area contributed by atoms with Gasteiger partial charge in [0.15, 0.2) is 10.8 Å². The SMILES string of the molecule is NC(=O)c1cnc(NC(=O)c2cnn(-c3cccc(Cl)c3)c2C(F)(F)F)s1. The molecule has 0 bridgehead atoms. The van der Waals surface area contributed by atoms with Crippen LogP contribution in [0.25, 0.3) is 5.69 Å². The van der Waals surface area contributed by atoms with Crippen LogP contribution in [0.3, 0.4) is 0 Å². The fraction of sp³-hybridized carbons (Fsp3) is 0.0667. The lowest BCUT2D eigenvalue weighted by Gasteiger charge is -2.12. The number of thiazole rings is 1. The first-order valence-corrected chi connectivity index (χ1v) is 8.34. The van der Waals surface area contributed by atoms with E-state index in [1.807, 2.05) is 0 Å². The average molecular weight is 416 g/mol. The average Bonchev–Trinajstić information content (AvgIpc) is 3.21. The molecule has 2 amide bonds. The van der Waals surface area contributed by atoms with Gasteiger partial charge in [0, 0.05) is 5.02 Å². The smallest absolute Gasteiger partial charge is 0.365 e. The van der Waals surface area contributed by atoms with Crippen molar-refractivity contribution in [2.75, 3.05) is 5.32 Å². The normalized spacial score (nSPS) is 11.4. The zero-order valence-electron chi connectivity index (χ0n) is 13.1.